The summed E-state index contributed by atoms with van der Waals surface area (Å²) in [5.74, 6) is 0.966. The predicted molar refractivity (Wildman–Crippen MR) is 117 cm³/mol. The molecule has 4 nitrogen and oxygen atoms in total. The van der Waals surface area contributed by atoms with Crippen LogP contribution < -0.4 is 4.74 Å². The van der Waals surface area contributed by atoms with Crippen LogP contribution in [0.2, 0.25) is 0 Å². The number of nitrogens with zero attached hydrogens (tertiary/aromatic N) is 2. The Morgan fingerprint density at radius 2 is 1.90 bits per heavy atom. The highest BCUT2D eigenvalue weighted by Crippen LogP contribution is 2.29. The molecule has 2 aromatic carbocycles. The largest absolute Gasteiger partial charge is 0.497 e. The number of methoxy groups -OCH3 is 1. The van der Waals surface area contributed by atoms with E-state index in [4.69, 9.17) is 4.74 Å². The third-order valence-electron chi connectivity index (χ3n) is 6.04. The maximum absolute atomic E-state index is 12.8. The molecule has 0 bridgehead atoms. The smallest absolute Gasteiger partial charge is 0.253 e. The fourth-order valence-corrected chi connectivity index (χ4v) is 5.11. The van der Waals surface area contributed by atoms with Crippen molar-refractivity contribution in [1.82, 2.24) is 9.80 Å². The second-order valence-electron chi connectivity index (χ2n) is 7.76. The minimum absolute atomic E-state index is 0.131. The number of fused-ring (bicyclic) bond motifs is 1. The van der Waals surface area contributed by atoms with Crippen LogP contribution in [-0.2, 0) is 13.0 Å². The number of amides is 1. The summed E-state index contributed by atoms with van der Waals surface area (Å²) in [6.45, 7) is 3.79. The Morgan fingerprint density at radius 1 is 1.07 bits per heavy atom. The molecule has 1 aromatic heterocycles. The van der Waals surface area contributed by atoms with E-state index in [1.807, 2.05) is 58.7 Å². The van der Waals surface area contributed by atoms with Crippen LogP contribution in [0.5, 0.6) is 5.75 Å². The van der Waals surface area contributed by atoms with Gasteiger partial charge in [-0.2, -0.15) is 0 Å². The molecular weight excluding hydrogens is 380 g/mol. The van der Waals surface area contributed by atoms with Crippen LogP contribution >= 0.6 is 11.3 Å². The lowest BCUT2D eigenvalue weighted by molar-refractivity contribution is 0.0221. The predicted octanol–water partition coefficient (Wildman–Crippen LogP) is 4.31. The van der Waals surface area contributed by atoms with E-state index in [0.717, 1.165) is 55.0 Å². The molecule has 29 heavy (non-hydrogen) atoms. The van der Waals surface area contributed by atoms with Gasteiger partial charge in [-0.15, -0.1) is 11.3 Å². The molecule has 5 rings (SSSR count). The third kappa shape index (κ3) is 3.56. The van der Waals surface area contributed by atoms with Gasteiger partial charge in [-0.1, -0.05) is 24.3 Å². The second-order valence-corrected chi connectivity index (χ2v) is 8.76. The minimum Gasteiger partial charge on any atom is -0.497 e. The summed E-state index contributed by atoms with van der Waals surface area (Å²) in [6.07, 6.45) is 1.14. The van der Waals surface area contributed by atoms with Gasteiger partial charge in [-0.3, -0.25) is 9.69 Å². The molecule has 1 fully saturated rings. The molecule has 0 saturated carbocycles. The summed E-state index contributed by atoms with van der Waals surface area (Å²) in [7, 11) is 1.67. The fourth-order valence-electron chi connectivity index (χ4n) is 4.22. The van der Waals surface area contributed by atoms with Crippen LogP contribution in [0.1, 0.15) is 20.8 Å². The molecule has 0 atom stereocenters. The van der Waals surface area contributed by atoms with E-state index in [-0.39, 0.29) is 5.91 Å². The Labute approximate surface area is 175 Å². The number of hydrogen-bond acceptors (Lipinski definition) is 4. The molecule has 0 N–H and O–H groups in total. The summed E-state index contributed by atoms with van der Waals surface area (Å²) in [5, 5.41) is 2.19. The number of carbonyl (C=O) groups is 1. The number of ether oxygens (including phenoxy) is 1. The van der Waals surface area contributed by atoms with E-state index in [1.54, 1.807) is 7.11 Å². The van der Waals surface area contributed by atoms with Gasteiger partial charge >= 0.3 is 0 Å². The molecule has 0 radical (unpaired) electrons. The van der Waals surface area contributed by atoms with Crippen LogP contribution in [0.4, 0.5) is 0 Å². The zero-order chi connectivity index (χ0) is 19.8. The lowest BCUT2D eigenvalue weighted by atomic mass is 9.99. The van der Waals surface area contributed by atoms with E-state index >= 15 is 0 Å². The second kappa shape index (κ2) is 7.65. The van der Waals surface area contributed by atoms with Crippen LogP contribution in [-0.4, -0.2) is 48.5 Å². The monoisotopic (exact) mass is 404 g/mol. The Kier molecular flexibility index (Phi) is 4.86. The molecule has 1 amide bonds. The van der Waals surface area contributed by atoms with E-state index in [0.29, 0.717) is 6.04 Å². The van der Waals surface area contributed by atoms with Gasteiger partial charge in [0.2, 0.25) is 0 Å². The molecule has 0 aliphatic carbocycles. The first-order valence-electron chi connectivity index (χ1n) is 10.0. The summed E-state index contributed by atoms with van der Waals surface area (Å²) < 4.78 is 5.30. The van der Waals surface area contributed by atoms with Gasteiger partial charge < -0.3 is 9.64 Å². The maximum atomic E-state index is 12.8. The van der Waals surface area contributed by atoms with Crippen molar-refractivity contribution in [2.75, 3.05) is 26.7 Å². The standard InChI is InChI=1S/C24H24N2O2S/c1-28-22-4-2-3-19(13-22)17-5-7-18(8-6-17)24(27)26-15-21(16-26)25-11-9-23-20(14-25)10-12-29-23/h2-8,10,12-13,21H,9,11,14-16H2,1H3. The van der Waals surface area contributed by atoms with Crippen molar-refractivity contribution < 1.29 is 9.53 Å². The highest BCUT2D eigenvalue weighted by atomic mass is 32.1. The number of likely N-dealkylation sites (tertiary alicyclic amines) is 1. The number of rotatable bonds is 4. The molecule has 1 saturated heterocycles. The summed E-state index contributed by atoms with van der Waals surface area (Å²) in [6, 6.07) is 18.6. The molecule has 5 heteroatoms. The molecule has 0 spiro atoms. The maximum Gasteiger partial charge on any atom is 0.253 e. The molecule has 148 valence electrons. The van der Waals surface area contributed by atoms with Crippen molar-refractivity contribution in [3.05, 3.63) is 76.0 Å². The number of benzene rings is 2. The third-order valence-corrected chi connectivity index (χ3v) is 7.06. The normalized spacial score (nSPS) is 16.9. The first-order valence-corrected chi connectivity index (χ1v) is 10.9. The average Bonchev–Trinajstić information content (AvgIpc) is 3.21. The van der Waals surface area contributed by atoms with Crippen molar-refractivity contribution in [1.29, 1.82) is 0 Å². The van der Waals surface area contributed by atoms with E-state index in [9.17, 15) is 4.79 Å². The molecule has 2 aliphatic heterocycles. The van der Waals surface area contributed by atoms with Crippen molar-refractivity contribution in [3.63, 3.8) is 0 Å². The molecule has 3 aromatic rings. The van der Waals surface area contributed by atoms with Gasteiger partial charge in [0.1, 0.15) is 5.75 Å². The van der Waals surface area contributed by atoms with Gasteiger partial charge in [0.15, 0.2) is 0 Å². The van der Waals surface area contributed by atoms with Crippen LogP contribution in [0.3, 0.4) is 0 Å². The minimum atomic E-state index is 0.131. The van der Waals surface area contributed by atoms with Gasteiger partial charge in [-0.25, -0.2) is 0 Å². The molecule has 3 heterocycles. The highest BCUT2D eigenvalue weighted by Gasteiger charge is 2.36. The summed E-state index contributed by atoms with van der Waals surface area (Å²) in [4.78, 5) is 18.9. The van der Waals surface area contributed by atoms with Crippen LogP contribution in [0.15, 0.2) is 60.0 Å². The first-order chi connectivity index (χ1) is 14.2. The first kappa shape index (κ1) is 18.4. The SMILES string of the molecule is COc1cccc(-c2ccc(C(=O)N3CC(N4CCc5sccc5C4)C3)cc2)c1. The number of hydrogen-bond donors (Lipinski definition) is 0. The zero-order valence-electron chi connectivity index (χ0n) is 16.5. The molecule has 2 aliphatic rings. The van der Waals surface area contributed by atoms with Gasteiger partial charge in [0, 0.05) is 42.7 Å². The number of thiophene rings is 1. The Morgan fingerprint density at radius 3 is 2.69 bits per heavy atom. The topological polar surface area (TPSA) is 32.8 Å². The zero-order valence-corrected chi connectivity index (χ0v) is 17.3. The van der Waals surface area contributed by atoms with E-state index in [1.165, 1.54) is 10.4 Å². The summed E-state index contributed by atoms with van der Waals surface area (Å²) in [5.41, 5.74) is 4.40. The average molecular weight is 405 g/mol. The van der Waals surface area contributed by atoms with Crippen molar-refractivity contribution >= 4 is 17.2 Å². The van der Waals surface area contributed by atoms with Crippen molar-refractivity contribution in [2.45, 2.75) is 19.0 Å². The van der Waals surface area contributed by atoms with Crippen molar-refractivity contribution in [2.24, 2.45) is 0 Å². The molecular formula is C24H24N2O2S. The van der Waals surface area contributed by atoms with Crippen LogP contribution in [0, 0.1) is 0 Å². The molecule has 0 unspecified atom stereocenters. The van der Waals surface area contributed by atoms with Gasteiger partial charge in [0.05, 0.1) is 7.11 Å². The highest BCUT2D eigenvalue weighted by molar-refractivity contribution is 7.10. The Hall–Kier alpha value is -2.63. The summed E-state index contributed by atoms with van der Waals surface area (Å²) >= 11 is 1.87. The lowest BCUT2D eigenvalue weighted by Crippen LogP contribution is -2.61. The quantitative estimate of drug-likeness (QED) is 0.650. The fraction of sp³-hybridized carbons (Fsp3) is 0.292. The van der Waals surface area contributed by atoms with E-state index < -0.39 is 0 Å². The van der Waals surface area contributed by atoms with Crippen molar-refractivity contribution in [3.8, 4) is 16.9 Å². The van der Waals surface area contributed by atoms with Gasteiger partial charge in [0.25, 0.3) is 5.91 Å². The van der Waals surface area contributed by atoms with E-state index in [2.05, 4.69) is 22.4 Å². The number of carbonyl (C=O) groups excluding carboxylic acids is 1. The Bertz CT molecular complexity index is 1020. The Balaban J connectivity index is 1.21. The lowest BCUT2D eigenvalue weighted by Gasteiger charge is -2.46. The van der Waals surface area contributed by atoms with Crippen LogP contribution in [0.25, 0.3) is 11.1 Å². The van der Waals surface area contributed by atoms with Gasteiger partial charge in [-0.05, 0) is 58.8 Å².